The third-order valence-electron chi connectivity index (χ3n) is 3.91. The molecular formula is C18H17N5O3. The van der Waals surface area contributed by atoms with E-state index in [1.165, 1.54) is 28.9 Å². The number of aromatic nitrogens is 3. The second-order valence-corrected chi connectivity index (χ2v) is 5.86. The Balaban J connectivity index is 2.03. The second-order valence-electron chi connectivity index (χ2n) is 5.86. The number of benzene rings is 1. The summed E-state index contributed by atoms with van der Waals surface area (Å²) in [5.41, 5.74) is 2.69. The SMILES string of the molecule is CC(=Nc1cccc(C)n1)c1c(C)[nH]n(-c2ccc([N+](=O)[O-])cc2)c1=O. The molecule has 0 radical (unpaired) electrons. The molecule has 26 heavy (non-hydrogen) atoms. The summed E-state index contributed by atoms with van der Waals surface area (Å²) in [5, 5.41) is 13.8. The number of nitro groups is 1. The number of nitrogens with zero attached hydrogens (tertiary/aromatic N) is 4. The van der Waals surface area contributed by atoms with Crippen molar-refractivity contribution < 1.29 is 4.92 Å². The lowest BCUT2D eigenvalue weighted by atomic mass is 10.2. The fourth-order valence-electron chi connectivity index (χ4n) is 2.70. The van der Waals surface area contributed by atoms with E-state index in [0.29, 0.717) is 28.5 Å². The molecule has 0 bridgehead atoms. The maximum absolute atomic E-state index is 12.8. The Bertz CT molecular complexity index is 1060. The number of H-pyrrole nitrogens is 1. The van der Waals surface area contributed by atoms with Crippen LogP contribution in [0.5, 0.6) is 0 Å². The van der Waals surface area contributed by atoms with Crippen LogP contribution in [0, 0.1) is 24.0 Å². The van der Waals surface area contributed by atoms with Gasteiger partial charge in [0, 0.05) is 23.5 Å². The summed E-state index contributed by atoms with van der Waals surface area (Å²) in [6.45, 7) is 5.40. The average Bonchev–Trinajstić information content (AvgIpc) is 2.89. The Hall–Kier alpha value is -3.55. The lowest BCUT2D eigenvalue weighted by molar-refractivity contribution is -0.384. The van der Waals surface area contributed by atoms with E-state index in [0.717, 1.165) is 5.69 Å². The quantitative estimate of drug-likeness (QED) is 0.442. The van der Waals surface area contributed by atoms with Gasteiger partial charge in [0.25, 0.3) is 11.2 Å². The molecule has 0 saturated carbocycles. The van der Waals surface area contributed by atoms with Crippen LogP contribution in [-0.4, -0.2) is 25.4 Å². The van der Waals surface area contributed by atoms with E-state index in [9.17, 15) is 14.9 Å². The van der Waals surface area contributed by atoms with Crippen LogP contribution in [0.3, 0.4) is 0 Å². The van der Waals surface area contributed by atoms with Crippen LogP contribution in [-0.2, 0) is 0 Å². The number of rotatable bonds is 4. The molecule has 8 heteroatoms. The Morgan fingerprint density at radius 2 is 1.88 bits per heavy atom. The lowest BCUT2D eigenvalue weighted by Gasteiger charge is -2.00. The maximum Gasteiger partial charge on any atom is 0.280 e. The molecule has 0 aliphatic heterocycles. The highest BCUT2D eigenvalue weighted by Gasteiger charge is 2.16. The minimum absolute atomic E-state index is 0.0337. The number of nitrogens with one attached hydrogen (secondary N) is 1. The zero-order chi connectivity index (χ0) is 18.8. The van der Waals surface area contributed by atoms with Gasteiger partial charge >= 0.3 is 0 Å². The average molecular weight is 351 g/mol. The number of aliphatic imine (C=N–C) groups is 1. The van der Waals surface area contributed by atoms with Gasteiger partial charge in [0.15, 0.2) is 5.82 Å². The van der Waals surface area contributed by atoms with Crippen molar-refractivity contribution in [1.82, 2.24) is 14.8 Å². The van der Waals surface area contributed by atoms with E-state index in [1.54, 1.807) is 19.9 Å². The van der Waals surface area contributed by atoms with Crippen molar-refractivity contribution in [3.63, 3.8) is 0 Å². The highest BCUT2D eigenvalue weighted by molar-refractivity contribution is 6.00. The highest BCUT2D eigenvalue weighted by Crippen LogP contribution is 2.16. The number of hydrogen-bond acceptors (Lipinski definition) is 5. The molecule has 3 aromatic rings. The van der Waals surface area contributed by atoms with Gasteiger partial charge in [-0.15, -0.1) is 0 Å². The molecule has 0 unspecified atom stereocenters. The van der Waals surface area contributed by atoms with Gasteiger partial charge in [-0.05, 0) is 45.0 Å². The Labute approximate surface area is 149 Å². The van der Waals surface area contributed by atoms with Crippen molar-refractivity contribution in [2.24, 2.45) is 4.99 Å². The van der Waals surface area contributed by atoms with Crippen LogP contribution in [0.25, 0.3) is 5.69 Å². The number of non-ortho nitro benzene ring substituents is 1. The number of pyridine rings is 1. The molecule has 0 saturated heterocycles. The molecule has 0 aliphatic rings. The minimum atomic E-state index is -0.483. The number of hydrogen-bond donors (Lipinski definition) is 1. The van der Waals surface area contributed by atoms with Gasteiger partial charge in [-0.25, -0.2) is 14.7 Å². The van der Waals surface area contributed by atoms with E-state index >= 15 is 0 Å². The topological polar surface area (TPSA) is 106 Å². The van der Waals surface area contributed by atoms with Crippen LogP contribution in [0.1, 0.15) is 23.9 Å². The van der Waals surface area contributed by atoms with E-state index in [4.69, 9.17) is 0 Å². The van der Waals surface area contributed by atoms with Gasteiger partial charge in [0.2, 0.25) is 0 Å². The Morgan fingerprint density at radius 1 is 1.19 bits per heavy atom. The minimum Gasteiger partial charge on any atom is -0.295 e. The van der Waals surface area contributed by atoms with Gasteiger partial charge in [-0.2, -0.15) is 0 Å². The second kappa shape index (κ2) is 6.75. The first-order chi connectivity index (χ1) is 12.4. The molecule has 2 heterocycles. The summed E-state index contributed by atoms with van der Waals surface area (Å²) in [7, 11) is 0. The molecule has 1 N–H and O–H groups in total. The summed E-state index contributed by atoms with van der Waals surface area (Å²) in [6.07, 6.45) is 0. The van der Waals surface area contributed by atoms with Crippen molar-refractivity contribution in [1.29, 1.82) is 0 Å². The van der Waals surface area contributed by atoms with E-state index in [1.807, 2.05) is 19.1 Å². The maximum atomic E-state index is 12.8. The van der Waals surface area contributed by atoms with Gasteiger partial charge in [-0.1, -0.05) is 6.07 Å². The predicted octanol–water partition coefficient (Wildman–Crippen LogP) is 3.23. The zero-order valence-corrected chi connectivity index (χ0v) is 14.6. The van der Waals surface area contributed by atoms with Gasteiger partial charge in [-0.3, -0.25) is 20.0 Å². The van der Waals surface area contributed by atoms with Crippen molar-refractivity contribution in [3.8, 4) is 5.69 Å². The lowest BCUT2D eigenvalue weighted by Crippen LogP contribution is -2.19. The number of aromatic amines is 1. The van der Waals surface area contributed by atoms with Crippen LogP contribution in [0.4, 0.5) is 11.5 Å². The molecule has 0 atom stereocenters. The summed E-state index contributed by atoms with van der Waals surface area (Å²) < 4.78 is 1.34. The third-order valence-corrected chi connectivity index (χ3v) is 3.91. The van der Waals surface area contributed by atoms with Crippen LogP contribution < -0.4 is 5.56 Å². The molecule has 0 fully saturated rings. The monoisotopic (exact) mass is 351 g/mol. The fraction of sp³-hybridized carbons (Fsp3) is 0.167. The summed E-state index contributed by atoms with van der Waals surface area (Å²) in [5.74, 6) is 0.532. The summed E-state index contributed by atoms with van der Waals surface area (Å²) in [4.78, 5) is 31.8. The predicted molar refractivity (Wildman–Crippen MR) is 98.6 cm³/mol. The van der Waals surface area contributed by atoms with Crippen molar-refractivity contribution in [2.45, 2.75) is 20.8 Å². The Kier molecular flexibility index (Phi) is 4.49. The van der Waals surface area contributed by atoms with Gasteiger partial charge in [0.05, 0.1) is 21.9 Å². The molecule has 3 rings (SSSR count). The van der Waals surface area contributed by atoms with Gasteiger partial charge in [0.1, 0.15) is 0 Å². The van der Waals surface area contributed by atoms with E-state index in [2.05, 4.69) is 15.1 Å². The molecule has 0 aliphatic carbocycles. The van der Waals surface area contributed by atoms with Crippen molar-refractivity contribution in [3.05, 3.63) is 79.9 Å². The van der Waals surface area contributed by atoms with Crippen LogP contribution >= 0.6 is 0 Å². The molecular weight excluding hydrogens is 334 g/mol. The van der Waals surface area contributed by atoms with E-state index in [-0.39, 0.29) is 11.2 Å². The smallest absolute Gasteiger partial charge is 0.280 e. The first-order valence-corrected chi connectivity index (χ1v) is 7.92. The molecule has 132 valence electrons. The number of nitro benzene ring substituents is 1. The highest BCUT2D eigenvalue weighted by atomic mass is 16.6. The molecule has 2 aromatic heterocycles. The van der Waals surface area contributed by atoms with Crippen LogP contribution in [0.15, 0.2) is 52.3 Å². The Morgan fingerprint density at radius 3 is 2.50 bits per heavy atom. The normalized spacial score (nSPS) is 11.6. The fourth-order valence-corrected chi connectivity index (χ4v) is 2.70. The first kappa shape index (κ1) is 17.3. The zero-order valence-electron chi connectivity index (χ0n) is 14.6. The van der Waals surface area contributed by atoms with E-state index < -0.39 is 4.92 Å². The molecule has 0 amide bonds. The number of aryl methyl sites for hydroxylation is 2. The molecule has 8 nitrogen and oxygen atoms in total. The molecule has 0 spiro atoms. The van der Waals surface area contributed by atoms with Crippen molar-refractivity contribution >= 4 is 17.2 Å². The molecule has 1 aromatic carbocycles. The van der Waals surface area contributed by atoms with Crippen molar-refractivity contribution in [2.75, 3.05) is 0 Å². The van der Waals surface area contributed by atoms with Gasteiger partial charge < -0.3 is 0 Å². The van der Waals surface area contributed by atoms with Crippen LogP contribution in [0.2, 0.25) is 0 Å². The third kappa shape index (κ3) is 3.30. The standard InChI is InChI=1S/C18H17N5O3/c1-11-5-4-6-16(19-11)20-12(2)17-13(3)21-22(18(17)24)14-7-9-15(10-8-14)23(25)26/h4-10,21H,1-3H3. The largest absolute Gasteiger partial charge is 0.295 e. The summed E-state index contributed by atoms with van der Waals surface area (Å²) >= 11 is 0. The summed E-state index contributed by atoms with van der Waals surface area (Å²) in [6, 6.07) is 11.3. The first-order valence-electron chi connectivity index (χ1n) is 7.92.